The van der Waals surface area contributed by atoms with Gasteiger partial charge in [-0.15, -0.1) is 0 Å². The molecule has 37 heavy (non-hydrogen) atoms. The molecule has 2 atom stereocenters. The molecule has 0 bridgehead atoms. The van der Waals surface area contributed by atoms with Crippen LogP contribution in [0.15, 0.2) is 62.8 Å². The molecule has 0 spiro atoms. The molecule has 2 aliphatic heterocycles. The molecule has 2 unspecified atom stereocenters. The van der Waals surface area contributed by atoms with Crippen molar-refractivity contribution in [2.75, 3.05) is 32.1 Å². The highest BCUT2D eigenvalue weighted by atomic mass is 79.9. The summed E-state index contributed by atoms with van der Waals surface area (Å²) < 4.78 is 50.8. The lowest BCUT2D eigenvalue weighted by molar-refractivity contribution is -0.122. The second kappa shape index (κ2) is 13.5. The van der Waals surface area contributed by atoms with Gasteiger partial charge in [-0.2, -0.15) is 0 Å². The van der Waals surface area contributed by atoms with Crippen molar-refractivity contribution in [3.8, 4) is 0 Å². The standard InChI is InChI=1S/C12H16N2O3S.C7H8BrNO2S.C5H9NO/c1-9-7-8-14(12(9)15)10-3-5-11(6-4-10)18(16,17)13-2;1-9-12(10,11)7-4-2-6(8)3-5-7;1-4-2-3-6-5(4)7/h3-6,9,13H,7-8H2,1-2H3;2-5,9H,1H3;4H,2-3H2,1H3,(H,6,7). The highest BCUT2D eigenvalue weighted by Gasteiger charge is 2.29. The first-order chi connectivity index (χ1) is 17.3. The summed E-state index contributed by atoms with van der Waals surface area (Å²) in [4.78, 5) is 24.5. The number of carbonyl (C=O) groups excluding carboxylic acids is 2. The Morgan fingerprint density at radius 3 is 1.62 bits per heavy atom. The Hall–Kier alpha value is -2.32. The number of rotatable bonds is 5. The van der Waals surface area contributed by atoms with Gasteiger partial charge in [0, 0.05) is 35.1 Å². The fourth-order valence-electron chi connectivity index (χ4n) is 3.45. The average Bonchev–Trinajstić information content (AvgIpc) is 3.43. The summed E-state index contributed by atoms with van der Waals surface area (Å²) in [7, 11) is -3.95. The first kappa shape index (κ1) is 30.9. The van der Waals surface area contributed by atoms with Crippen LogP contribution in [0.5, 0.6) is 0 Å². The van der Waals surface area contributed by atoms with E-state index in [4.69, 9.17) is 0 Å². The molecule has 2 saturated heterocycles. The van der Waals surface area contributed by atoms with Crippen LogP contribution < -0.4 is 19.7 Å². The fourth-order valence-corrected chi connectivity index (χ4v) is 5.18. The van der Waals surface area contributed by atoms with Gasteiger partial charge in [-0.1, -0.05) is 29.8 Å². The van der Waals surface area contributed by atoms with Gasteiger partial charge in [0.1, 0.15) is 0 Å². The zero-order valence-corrected chi connectivity index (χ0v) is 24.4. The van der Waals surface area contributed by atoms with E-state index in [2.05, 4.69) is 30.7 Å². The van der Waals surface area contributed by atoms with Crippen molar-refractivity contribution < 1.29 is 26.4 Å². The van der Waals surface area contributed by atoms with E-state index in [1.54, 1.807) is 29.2 Å². The number of hydrogen-bond acceptors (Lipinski definition) is 6. The van der Waals surface area contributed by atoms with Gasteiger partial charge >= 0.3 is 0 Å². The maximum absolute atomic E-state index is 11.8. The van der Waals surface area contributed by atoms with E-state index in [-0.39, 0.29) is 33.4 Å². The molecule has 4 rings (SSSR count). The Labute approximate surface area is 227 Å². The van der Waals surface area contributed by atoms with E-state index < -0.39 is 20.0 Å². The van der Waals surface area contributed by atoms with Crippen LogP contribution in [0.4, 0.5) is 5.69 Å². The van der Waals surface area contributed by atoms with E-state index >= 15 is 0 Å². The largest absolute Gasteiger partial charge is 0.356 e. The molecule has 13 heteroatoms. The van der Waals surface area contributed by atoms with Gasteiger partial charge in [0.2, 0.25) is 31.9 Å². The second-order valence-electron chi connectivity index (χ2n) is 8.52. The topological polar surface area (TPSA) is 142 Å². The van der Waals surface area contributed by atoms with Crippen molar-refractivity contribution in [1.82, 2.24) is 14.8 Å². The first-order valence-corrected chi connectivity index (χ1v) is 15.4. The van der Waals surface area contributed by atoms with Gasteiger partial charge in [-0.3, -0.25) is 9.59 Å². The van der Waals surface area contributed by atoms with Crippen LogP contribution in [0.25, 0.3) is 0 Å². The molecule has 0 aliphatic carbocycles. The van der Waals surface area contributed by atoms with Crippen molar-refractivity contribution in [2.45, 2.75) is 36.5 Å². The van der Waals surface area contributed by atoms with Crippen LogP contribution in [0, 0.1) is 11.8 Å². The molecule has 0 aromatic heterocycles. The number of anilines is 1. The van der Waals surface area contributed by atoms with E-state index in [1.165, 1.54) is 38.4 Å². The molecule has 2 aromatic rings. The van der Waals surface area contributed by atoms with E-state index in [0.29, 0.717) is 6.54 Å². The maximum atomic E-state index is 11.8. The molecule has 0 radical (unpaired) electrons. The molecular formula is C24H33BrN4O6S2. The van der Waals surface area contributed by atoms with E-state index in [0.717, 1.165) is 29.5 Å². The lowest BCUT2D eigenvalue weighted by Crippen LogP contribution is -2.26. The lowest BCUT2D eigenvalue weighted by Gasteiger charge is -2.16. The van der Waals surface area contributed by atoms with Gasteiger partial charge in [0.25, 0.3) is 0 Å². The second-order valence-corrected chi connectivity index (χ2v) is 13.2. The summed E-state index contributed by atoms with van der Waals surface area (Å²) in [5, 5.41) is 2.73. The Balaban J connectivity index is 0.000000217. The zero-order chi connectivity index (χ0) is 27.8. The molecular weight excluding hydrogens is 584 g/mol. The Bertz CT molecular complexity index is 1280. The van der Waals surface area contributed by atoms with Crippen molar-refractivity contribution >= 4 is 53.5 Å². The Morgan fingerprint density at radius 2 is 1.30 bits per heavy atom. The predicted octanol–water partition coefficient (Wildman–Crippen LogP) is 2.47. The van der Waals surface area contributed by atoms with Crippen molar-refractivity contribution in [2.24, 2.45) is 11.8 Å². The van der Waals surface area contributed by atoms with Crippen LogP contribution in [0.2, 0.25) is 0 Å². The fraction of sp³-hybridized carbons (Fsp3) is 0.417. The zero-order valence-electron chi connectivity index (χ0n) is 21.2. The van der Waals surface area contributed by atoms with E-state index in [9.17, 15) is 26.4 Å². The summed E-state index contributed by atoms with van der Waals surface area (Å²) >= 11 is 3.22. The highest BCUT2D eigenvalue weighted by molar-refractivity contribution is 9.10. The van der Waals surface area contributed by atoms with Crippen molar-refractivity contribution in [3.05, 3.63) is 53.0 Å². The highest BCUT2D eigenvalue weighted by Crippen LogP contribution is 2.25. The number of benzene rings is 2. The number of amides is 2. The number of halogens is 1. The van der Waals surface area contributed by atoms with Crippen LogP contribution in [-0.2, 0) is 29.6 Å². The summed E-state index contributed by atoms with van der Waals surface area (Å²) in [6.45, 7) is 5.42. The third-order valence-electron chi connectivity index (χ3n) is 5.92. The Kier molecular flexibility index (Phi) is 11.2. The molecule has 204 valence electrons. The minimum Gasteiger partial charge on any atom is -0.356 e. The number of nitrogens with zero attached hydrogens (tertiary/aromatic N) is 1. The summed E-state index contributed by atoms with van der Waals surface area (Å²) in [5.74, 6) is 0.616. The maximum Gasteiger partial charge on any atom is 0.240 e. The number of nitrogens with one attached hydrogen (secondary N) is 3. The molecule has 2 amide bonds. The van der Waals surface area contributed by atoms with Gasteiger partial charge in [-0.25, -0.2) is 26.3 Å². The summed E-state index contributed by atoms with van der Waals surface area (Å²) in [6, 6.07) is 12.8. The molecule has 10 nitrogen and oxygen atoms in total. The normalized spacial score (nSPS) is 19.4. The third kappa shape index (κ3) is 8.60. The SMILES string of the molecule is CC1CCNC1=O.CNS(=O)(=O)c1ccc(Br)cc1.CNS(=O)(=O)c1ccc(N2CCC(C)C2=O)cc1. The van der Waals surface area contributed by atoms with Gasteiger partial charge in [0.15, 0.2) is 0 Å². The smallest absolute Gasteiger partial charge is 0.240 e. The van der Waals surface area contributed by atoms with E-state index in [1.807, 2.05) is 13.8 Å². The molecule has 3 N–H and O–H groups in total. The van der Waals surface area contributed by atoms with Crippen molar-refractivity contribution in [3.63, 3.8) is 0 Å². The summed E-state index contributed by atoms with van der Waals surface area (Å²) in [6.07, 6.45) is 1.86. The number of carbonyl (C=O) groups is 2. The predicted molar refractivity (Wildman–Crippen MR) is 146 cm³/mol. The Morgan fingerprint density at radius 1 is 0.811 bits per heavy atom. The third-order valence-corrected chi connectivity index (χ3v) is 9.31. The summed E-state index contributed by atoms with van der Waals surface area (Å²) in [5.41, 5.74) is 0.749. The van der Waals surface area contributed by atoms with Gasteiger partial charge in [0.05, 0.1) is 9.79 Å². The number of sulfonamides is 2. The molecule has 0 saturated carbocycles. The minimum absolute atomic E-state index is 0.0470. The van der Waals surface area contributed by atoms with Gasteiger partial charge in [-0.05, 0) is 75.5 Å². The lowest BCUT2D eigenvalue weighted by atomic mass is 10.1. The van der Waals surface area contributed by atoms with Gasteiger partial charge < -0.3 is 10.2 Å². The minimum atomic E-state index is -3.42. The average molecular weight is 618 g/mol. The van der Waals surface area contributed by atoms with Crippen LogP contribution in [-0.4, -0.2) is 55.8 Å². The molecule has 2 fully saturated rings. The first-order valence-electron chi connectivity index (χ1n) is 11.6. The molecule has 2 heterocycles. The van der Waals surface area contributed by atoms with Crippen LogP contribution in [0.3, 0.4) is 0 Å². The molecule has 2 aliphatic rings. The monoisotopic (exact) mass is 616 g/mol. The van der Waals surface area contributed by atoms with Crippen LogP contribution in [0.1, 0.15) is 26.7 Å². The van der Waals surface area contributed by atoms with Crippen molar-refractivity contribution in [1.29, 1.82) is 0 Å². The van der Waals surface area contributed by atoms with Crippen LogP contribution >= 0.6 is 15.9 Å². The molecule has 2 aromatic carbocycles. The quantitative estimate of drug-likeness (QED) is 0.471. The number of hydrogen-bond donors (Lipinski definition) is 3.